The van der Waals surface area contributed by atoms with E-state index in [1.807, 2.05) is 32.0 Å². The maximum absolute atomic E-state index is 12.2. The van der Waals surface area contributed by atoms with Gasteiger partial charge in [-0.25, -0.2) is 0 Å². The summed E-state index contributed by atoms with van der Waals surface area (Å²) in [6.45, 7) is 4.94. The van der Waals surface area contributed by atoms with Gasteiger partial charge in [-0.15, -0.1) is 11.6 Å². The quantitative estimate of drug-likeness (QED) is 0.769. The number of hydrogen-bond donors (Lipinski definition) is 0. The van der Waals surface area contributed by atoms with Gasteiger partial charge in [0.2, 0.25) is 0 Å². The summed E-state index contributed by atoms with van der Waals surface area (Å²) in [5, 5.41) is -0.185. The fourth-order valence-corrected chi connectivity index (χ4v) is 2.04. The predicted octanol–water partition coefficient (Wildman–Crippen LogP) is 2.63. The fourth-order valence-electron chi connectivity index (χ4n) is 1.71. The first kappa shape index (κ1) is 15.0. The average Bonchev–Trinajstić information content (AvgIpc) is 2.32. The second kappa shape index (κ2) is 6.76. The first-order valence-corrected chi connectivity index (χ1v) is 6.35. The number of amides is 1. The molecule has 0 radical (unpaired) electrons. The highest BCUT2D eigenvalue weighted by Gasteiger charge is 2.15. The molecular weight excluding hydrogens is 250 g/mol. The molecular formula is C14H20ClNO2. The lowest BCUT2D eigenvalue weighted by Gasteiger charge is -2.20. The minimum atomic E-state index is -0.185. The van der Waals surface area contributed by atoms with E-state index in [2.05, 4.69) is 0 Å². The molecule has 0 fully saturated rings. The summed E-state index contributed by atoms with van der Waals surface area (Å²) in [7, 11) is 3.35. The van der Waals surface area contributed by atoms with E-state index < -0.39 is 0 Å². The number of benzene rings is 1. The Morgan fingerprint density at radius 2 is 2.06 bits per heavy atom. The monoisotopic (exact) mass is 269 g/mol. The second-order valence-electron chi connectivity index (χ2n) is 4.54. The standard InChI is InChI=1S/C14H20ClNO2/c1-10-5-6-12(7-11(10)2)14(17)16(3)8-13(15)9-18-4/h5-7,13H,8-9H2,1-4H3. The zero-order valence-corrected chi connectivity index (χ0v) is 12.1. The molecule has 100 valence electrons. The van der Waals surface area contributed by atoms with Crippen LogP contribution in [0.4, 0.5) is 0 Å². The molecule has 1 aromatic carbocycles. The van der Waals surface area contributed by atoms with Gasteiger partial charge >= 0.3 is 0 Å². The van der Waals surface area contributed by atoms with Gasteiger partial charge in [-0.1, -0.05) is 6.07 Å². The first-order chi connectivity index (χ1) is 8.45. The van der Waals surface area contributed by atoms with Crippen LogP contribution < -0.4 is 0 Å². The van der Waals surface area contributed by atoms with E-state index in [1.54, 1.807) is 19.1 Å². The Bertz CT molecular complexity index is 420. The number of halogens is 1. The van der Waals surface area contributed by atoms with Crippen molar-refractivity contribution in [1.29, 1.82) is 0 Å². The van der Waals surface area contributed by atoms with Crippen molar-refractivity contribution in [3.63, 3.8) is 0 Å². The van der Waals surface area contributed by atoms with Crippen LogP contribution in [0, 0.1) is 13.8 Å². The van der Waals surface area contributed by atoms with Crippen molar-refractivity contribution in [3.05, 3.63) is 34.9 Å². The van der Waals surface area contributed by atoms with E-state index >= 15 is 0 Å². The fraction of sp³-hybridized carbons (Fsp3) is 0.500. The van der Waals surface area contributed by atoms with E-state index in [0.29, 0.717) is 18.7 Å². The lowest BCUT2D eigenvalue weighted by molar-refractivity contribution is 0.0781. The zero-order chi connectivity index (χ0) is 13.7. The van der Waals surface area contributed by atoms with Crippen LogP contribution in [0.2, 0.25) is 0 Å². The minimum Gasteiger partial charge on any atom is -0.383 e. The summed E-state index contributed by atoms with van der Waals surface area (Å²) >= 11 is 6.04. The highest BCUT2D eigenvalue weighted by molar-refractivity contribution is 6.21. The molecule has 0 N–H and O–H groups in total. The second-order valence-corrected chi connectivity index (χ2v) is 5.15. The van der Waals surface area contributed by atoms with Crippen LogP contribution >= 0.6 is 11.6 Å². The number of nitrogens with zero attached hydrogens (tertiary/aromatic N) is 1. The minimum absolute atomic E-state index is 0.0140. The molecule has 4 heteroatoms. The van der Waals surface area contributed by atoms with Crippen molar-refractivity contribution in [1.82, 2.24) is 4.90 Å². The normalized spacial score (nSPS) is 12.3. The van der Waals surface area contributed by atoms with E-state index in [9.17, 15) is 4.79 Å². The molecule has 18 heavy (non-hydrogen) atoms. The van der Waals surface area contributed by atoms with Crippen molar-refractivity contribution in [2.75, 3.05) is 27.3 Å². The Balaban J connectivity index is 2.71. The van der Waals surface area contributed by atoms with Crippen LogP contribution in [0.3, 0.4) is 0 Å². The van der Waals surface area contributed by atoms with Crippen LogP contribution in [0.25, 0.3) is 0 Å². The third-order valence-electron chi connectivity index (χ3n) is 2.92. The number of hydrogen-bond acceptors (Lipinski definition) is 2. The molecule has 3 nitrogen and oxygen atoms in total. The molecule has 0 saturated carbocycles. The molecule has 0 heterocycles. The molecule has 0 aromatic heterocycles. The van der Waals surface area contributed by atoms with Crippen LogP contribution in [0.5, 0.6) is 0 Å². The van der Waals surface area contributed by atoms with Crippen molar-refractivity contribution in [3.8, 4) is 0 Å². The Labute approximate surface area is 114 Å². The number of alkyl halides is 1. The smallest absolute Gasteiger partial charge is 0.253 e. The molecule has 0 saturated heterocycles. The van der Waals surface area contributed by atoms with Crippen LogP contribution in [-0.2, 0) is 4.74 Å². The summed E-state index contributed by atoms with van der Waals surface area (Å²) in [6, 6.07) is 5.72. The molecule has 0 aliphatic rings. The van der Waals surface area contributed by atoms with Gasteiger partial charge < -0.3 is 9.64 Å². The SMILES string of the molecule is COCC(Cl)CN(C)C(=O)c1ccc(C)c(C)c1. The Kier molecular flexibility index (Phi) is 5.63. The number of ether oxygens (including phenoxy) is 1. The van der Waals surface area contributed by atoms with E-state index in [-0.39, 0.29) is 11.3 Å². The van der Waals surface area contributed by atoms with Crippen molar-refractivity contribution in [2.24, 2.45) is 0 Å². The molecule has 1 atom stereocenters. The summed E-state index contributed by atoms with van der Waals surface area (Å²) in [5.41, 5.74) is 3.00. The number of carbonyl (C=O) groups excluding carboxylic acids is 1. The van der Waals surface area contributed by atoms with Crippen molar-refractivity contribution >= 4 is 17.5 Å². The van der Waals surface area contributed by atoms with Gasteiger partial charge in [0.1, 0.15) is 0 Å². The van der Waals surface area contributed by atoms with Crippen LogP contribution in [-0.4, -0.2) is 43.5 Å². The summed E-state index contributed by atoms with van der Waals surface area (Å²) in [6.07, 6.45) is 0. The Morgan fingerprint density at radius 1 is 1.39 bits per heavy atom. The van der Waals surface area contributed by atoms with E-state index in [0.717, 1.165) is 5.56 Å². The molecule has 1 unspecified atom stereocenters. The largest absolute Gasteiger partial charge is 0.383 e. The molecule has 0 aliphatic heterocycles. The number of rotatable bonds is 5. The van der Waals surface area contributed by atoms with Gasteiger partial charge in [0.25, 0.3) is 5.91 Å². The molecule has 1 aromatic rings. The number of carbonyl (C=O) groups is 1. The third-order valence-corrected chi connectivity index (χ3v) is 3.18. The first-order valence-electron chi connectivity index (χ1n) is 5.91. The molecule has 1 amide bonds. The van der Waals surface area contributed by atoms with Gasteiger partial charge in [-0.3, -0.25) is 4.79 Å². The maximum atomic E-state index is 12.2. The van der Waals surface area contributed by atoms with Gasteiger partial charge in [-0.05, 0) is 37.1 Å². The van der Waals surface area contributed by atoms with Gasteiger partial charge in [-0.2, -0.15) is 0 Å². The zero-order valence-electron chi connectivity index (χ0n) is 11.4. The predicted molar refractivity (Wildman–Crippen MR) is 74.4 cm³/mol. The lowest BCUT2D eigenvalue weighted by Crippen LogP contribution is -2.34. The van der Waals surface area contributed by atoms with Crippen LogP contribution in [0.1, 0.15) is 21.5 Å². The number of aryl methyl sites for hydroxylation is 2. The summed E-state index contributed by atoms with van der Waals surface area (Å²) in [4.78, 5) is 13.8. The molecule has 0 aliphatic carbocycles. The van der Waals surface area contributed by atoms with Gasteiger partial charge in [0.15, 0.2) is 0 Å². The van der Waals surface area contributed by atoms with Gasteiger partial charge in [0.05, 0.1) is 12.0 Å². The van der Waals surface area contributed by atoms with E-state index in [4.69, 9.17) is 16.3 Å². The van der Waals surface area contributed by atoms with Crippen LogP contribution in [0.15, 0.2) is 18.2 Å². The molecule has 0 spiro atoms. The highest BCUT2D eigenvalue weighted by atomic mass is 35.5. The lowest BCUT2D eigenvalue weighted by atomic mass is 10.1. The van der Waals surface area contributed by atoms with Crippen molar-refractivity contribution in [2.45, 2.75) is 19.2 Å². The van der Waals surface area contributed by atoms with Gasteiger partial charge in [0, 0.05) is 26.3 Å². The van der Waals surface area contributed by atoms with E-state index in [1.165, 1.54) is 5.56 Å². The Morgan fingerprint density at radius 3 is 2.61 bits per heavy atom. The summed E-state index contributed by atoms with van der Waals surface area (Å²) < 4.78 is 4.95. The topological polar surface area (TPSA) is 29.5 Å². The molecule has 1 rings (SSSR count). The molecule has 0 bridgehead atoms. The number of methoxy groups -OCH3 is 1. The van der Waals surface area contributed by atoms with Crippen molar-refractivity contribution < 1.29 is 9.53 Å². The average molecular weight is 270 g/mol. The highest BCUT2D eigenvalue weighted by Crippen LogP contribution is 2.12. The maximum Gasteiger partial charge on any atom is 0.253 e. The Hall–Kier alpha value is -1.06. The summed E-state index contributed by atoms with van der Waals surface area (Å²) in [5.74, 6) is -0.0140. The third kappa shape index (κ3) is 4.00.